The van der Waals surface area contributed by atoms with Crippen LogP contribution >= 0.6 is 11.3 Å². The molecule has 0 N–H and O–H groups in total. The van der Waals surface area contributed by atoms with Gasteiger partial charge in [0.25, 0.3) is 11.5 Å². The molecule has 2 atom stereocenters. The first-order chi connectivity index (χ1) is 21.4. The molecule has 9 nitrogen and oxygen atoms in total. The lowest BCUT2D eigenvalue weighted by atomic mass is 9.93. The summed E-state index contributed by atoms with van der Waals surface area (Å²) in [7, 11) is 0. The van der Waals surface area contributed by atoms with Gasteiger partial charge >= 0.3 is 5.97 Å². The lowest BCUT2D eigenvalue weighted by Crippen LogP contribution is -2.40. The number of thiazole rings is 1. The van der Waals surface area contributed by atoms with E-state index >= 15 is 0 Å². The molecule has 0 saturated carbocycles. The highest BCUT2D eigenvalue weighted by molar-refractivity contribution is 7.07. The van der Waals surface area contributed by atoms with E-state index in [1.165, 1.54) is 20.9 Å². The fourth-order valence-corrected chi connectivity index (χ4v) is 6.37. The summed E-state index contributed by atoms with van der Waals surface area (Å²) in [4.78, 5) is 46.6. The fraction of sp³-hybridized carbons (Fsp3) is 0.206. The second-order valence-electron chi connectivity index (χ2n) is 10.2. The Labute approximate surface area is 257 Å². The Bertz CT molecular complexity index is 1960. The van der Waals surface area contributed by atoms with Gasteiger partial charge < -0.3 is 9.47 Å². The Kier molecular flexibility index (Phi) is 8.08. The molecule has 4 aromatic rings. The van der Waals surface area contributed by atoms with Crippen molar-refractivity contribution in [1.82, 2.24) is 4.57 Å². The van der Waals surface area contributed by atoms with E-state index in [9.17, 15) is 14.4 Å². The summed E-state index contributed by atoms with van der Waals surface area (Å²) in [6.07, 6.45) is 1.65. The van der Waals surface area contributed by atoms with Gasteiger partial charge in [0.05, 0.1) is 46.5 Å². The molecule has 3 heterocycles. The molecular weight excluding hydrogens is 576 g/mol. The van der Waals surface area contributed by atoms with Crippen LogP contribution in [0.25, 0.3) is 11.8 Å². The van der Waals surface area contributed by atoms with Gasteiger partial charge in [-0.05, 0) is 56.7 Å². The van der Waals surface area contributed by atoms with Crippen molar-refractivity contribution in [1.29, 1.82) is 0 Å². The maximum Gasteiger partial charge on any atom is 0.338 e. The number of hydrazone groups is 1. The summed E-state index contributed by atoms with van der Waals surface area (Å²) < 4.78 is 13.0. The molecular formula is C34H30N4O5S. The minimum atomic E-state index is -0.826. The number of hydrogen-bond acceptors (Lipinski definition) is 8. The van der Waals surface area contributed by atoms with Crippen LogP contribution in [-0.2, 0) is 14.3 Å². The molecule has 2 aliphatic heterocycles. The highest BCUT2D eigenvalue weighted by Gasteiger charge is 2.37. The van der Waals surface area contributed by atoms with Crippen molar-refractivity contribution >= 4 is 46.4 Å². The van der Waals surface area contributed by atoms with E-state index in [0.29, 0.717) is 44.3 Å². The summed E-state index contributed by atoms with van der Waals surface area (Å²) in [5.41, 5.74) is 2.96. The van der Waals surface area contributed by atoms with Gasteiger partial charge in [0, 0.05) is 5.56 Å². The fourth-order valence-electron chi connectivity index (χ4n) is 5.36. The third-order valence-corrected chi connectivity index (χ3v) is 8.38. The average Bonchev–Trinajstić information content (AvgIpc) is 3.52. The number of ether oxygens (including phenoxy) is 2. The molecule has 0 saturated heterocycles. The third-order valence-electron chi connectivity index (χ3n) is 7.38. The second-order valence-corrected chi connectivity index (χ2v) is 11.2. The van der Waals surface area contributed by atoms with E-state index in [2.05, 4.69) is 5.10 Å². The molecule has 1 aromatic heterocycles. The van der Waals surface area contributed by atoms with Gasteiger partial charge in [-0.1, -0.05) is 72.0 Å². The zero-order chi connectivity index (χ0) is 30.8. The Balaban J connectivity index is 1.54. The van der Waals surface area contributed by atoms with E-state index in [-0.39, 0.29) is 23.6 Å². The van der Waals surface area contributed by atoms with Gasteiger partial charge in [-0.15, -0.1) is 0 Å². The first-order valence-corrected chi connectivity index (χ1v) is 15.2. The van der Waals surface area contributed by atoms with E-state index < -0.39 is 17.9 Å². The highest BCUT2D eigenvalue weighted by Crippen LogP contribution is 2.36. The van der Waals surface area contributed by atoms with Crippen LogP contribution in [-0.4, -0.2) is 35.4 Å². The van der Waals surface area contributed by atoms with E-state index in [1.807, 2.05) is 91.9 Å². The molecule has 2 aliphatic rings. The van der Waals surface area contributed by atoms with Gasteiger partial charge in [0.15, 0.2) is 4.80 Å². The van der Waals surface area contributed by atoms with Crippen molar-refractivity contribution < 1.29 is 19.1 Å². The topological polar surface area (TPSA) is 103 Å². The number of anilines is 1. The first-order valence-electron chi connectivity index (χ1n) is 14.4. The van der Waals surface area contributed by atoms with Gasteiger partial charge in [-0.25, -0.2) is 9.79 Å². The monoisotopic (exact) mass is 606 g/mol. The van der Waals surface area contributed by atoms with Gasteiger partial charge in [0.1, 0.15) is 11.7 Å². The molecule has 3 aromatic carbocycles. The van der Waals surface area contributed by atoms with E-state index in [0.717, 1.165) is 5.56 Å². The summed E-state index contributed by atoms with van der Waals surface area (Å²) >= 11 is 1.18. The van der Waals surface area contributed by atoms with Gasteiger partial charge in [-0.3, -0.25) is 14.2 Å². The number of benzene rings is 3. The molecule has 222 valence electrons. The number of esters is 1. The molecule has 10 heteroatoms. The Morgan fingerprint density at radius 3 is 2.27 bits per heavy atom. The van der Waals surface area contributed by atoms with E-state index in [1.54, 1.807) is 19.9 Å². The molecule has 0 radical (unpaired) electrons. The predicted octanol–water partition coefficient (Wildman–Crippen LogP) is 4.32. The molecule has 0 bridgehead atoms. The van der Waals surface area contributed by atoms with Crippen molar-refractivity contribution in [2.75, 3.05) is 18.2 Å². The van der Waals surface area contributed by atoms with Crippen LogP contribution in [0.3, 0.4) is 0 Å². The number of hydrogen-bond donors (Lipinski definition) is 0. The molecule has 0 fully saturated rings. The number of para-hydroxylation sites is 1. The largest absolute Gasteiger partial charge is 0.494 e. The van der Waals surface area contributed by atoms with Crippen LogP contribution in [0.1, 0.15) is 37.9 Å². The normalized spacial score (nSPS) is 18.2. The average molecular weight is 607 g/mol. The highest BCUT2D eigenvalue weighted by atomic mass is 32.1. The van der Waals surface area contributed by atoms with Crippen LogP contribution in [0.4, 0.5) is 5.69 Å². The number of rotatable bonds is 8. The number of aromatic nitrogens is 1. The third kappa shape index (κ3) is 5.28. The molecule has 0 unspecified atom stereocenters. The van der Waals surface area contributed by atoms with Crippen LogP contribution in [0.5, 0.6) is 5.75 Å². The lowest BCUT2D eigenvalue weighted by molar-refractivity contribution is -0.138. The molecule has 44 heavy (non-hydrogen) atoms. The smallest absolute Gasteiger partial charge is 0.338 e. The molecule has 0 aliphatic carbocycles. The summed E-state index contributed by atoms with van der Waals surface area (Å²) in [5, 5.41) is 5.85. The van der Waals surface area contributed by atoms with Crippen molar-refractivity contribution in [2.24, 2.45) is 16.0 Å². The number of carbonyl (C=O) groups is 2. The second kappa shape index (κ2) is 12.3. The summed E-state index contributed by atoms with van der Waals surface area (Å²) in [6.45, 7) is 6.08. The predicted molar refractivity (Wildman–Crippen MR) is 170 cm³/mol. The van der Waals surface area contributed by atoms with Crippen LogP contribution in [0, 0.1) is 5.92 Å². The van der Waals surface area contributed by atoms with Gasteiger partial charge in [0.2, 0.25) is 0 Å². The van der Waals surface area contributed by atoms with Crippen LogP contribution in [0.2, 0.25) is 0 Å². The zero-order valence-electron chi connectivity index (χ0n) is 24.5. The number of amides is 1. The quantitative estimate of drug-likeness (QED) is 0.278. The molecule has 0 spiro atoms. The SMILES string of the molecule is CCOC(=O)C1=C(c2ccccc2)N=c2s/c(=C\[C@@H]3C(=O)N(c4ccccc4)N=C3C)c(=O)n2[C@H]1c1ccc(OCC)cc1. The maximum atomic E-state index is 14.2. The van der Waals surface area contributed by atoms with Crippen LogP contribution in [0.15, 0.2) is 105 Å². The Morgan fingerprint density at radius 1 is 0.932 bits per heavy atom. The number of carbonyl (C=O) groups excluding carboxylic acids is 2. The van der Waals surface area contributed by atoms with Crippen LogP contribution < -0.4 is 24.6 Å². The minimum absolute atomic E-state index is 0.158. The number of fused-ring (bicyclic) bond motifs is 1. The zero-order valence-corrected chi connectivity index (χ0v) is 25.3. The minimum Gasteiger partial charge on any atom is -0.494 e. The maximum absolute atomic E-state index is 14.2. The summed E-state index contributed by atoms with van der Waals surface area (Å²) in [5.74, 6) is -0.861. The van der Waals surface area contributed by atoms with E-state index in [4.69, 9.17) is 14.5 Å². The molecule has 6 rings (SSSR count). The van der Waals surface area contributed by atoms with Crippen molar-refractivity contribution in [3.8, 4) is 5.75 Å². The van der Waals surface area contributed by atoms with Gasteiger partial charge in [-0.2, -0.15) is 10.1 Å². The first kappa shape index (κ1) is 29.0. The van der Waals surface area contributed by atoms with Crippen molar-refractivity contribution in [3.05, 3.63) is 121 Å². The molecule has 1 amide bonds. The Hall–Kier alpha value is -5.09. The standard InChI is InChI=1S/C34H30N4O5S/c1-4-42-25-18-16-23(17-19-25)30-28(33(41)43-5-2)29(22-12-8-6-9-13-22)35-34-37(30)32(40)27(44-34)20-26-21(3)36-38(31(26)39)24-14-10-7-11-15-24/h6-20,26,30H,4-5H2,1-3H3/b27-20-/t26-,30-/m0/s1. The summed E-state index contributed by atoms with van der Waals surface area (Å²) in [6, 6.07) is 25.0. The number of nitrogens with zero attached hydrogens (tertiary/aromatic N) is 4. The van der Waals surface area contributed by atoms with Crippen molar-refractivity contribution in [2.45, 2.75) is 26.8 Å². The Morgan fingerprint density at radius 2 is 1.61 bits per heavy atom. The lowest BCUT2D eigenvalue weighted by Gasteiger charge is -2.26. The van der Waals surface area contributed by atoms with Crippen molar-refractivity contribution in [3.63, 3.8) is 0 Å².